The quantitative estimate of drug-likeness (QED) is 0.717. The molecule has 0 aliphatic carbocycles. The second kappa shape index (κ2) is 6.89. The molecule has 0 aromatic heterocycles. The summed E-state index contributed by atoms with van der Waals surface area (Å²) in [5, 5.41) is 2.95. The maximum Gasteiger partial charge on any atom is 0.252 e. The molecule has 20 heavy (non-hydrogen) atoms. The van der Waals surface area contributed by atoms with Gasteiger partial charge in [0.15, 0.2) is 0 Å². The predicted octanol–water partition coefficient (Wildman–Crippen LogP) is 2.79. The van der Waals surface area contributed by atoms with E-state index in [1.165, 1.54) is 0 Å². The molecular weight excluding hydrogens is 435 g/mol. The molecule has 1 unspecified atom stereocenters. The van der Waals surface area contributed by atoms with Crippen LogP contribution in [-0.4, -0.2) is 35.8 Å². The zero-order chi connectivity index (χ0) is 14.7. The van der Waals surface area contributed by atoms with Gasteiger partial charge in [-0.3, -0.25) is 9.59 Å². The third-order valence-electron chi connectivity index (χ3n) is 3.22. The second-order valence-corrected chi connectivity index (χ2v) is 7.04. The summed E-state index contributed by atoms with van der Waals surface area (Å²) in [6, 6.07) is 5.58. The van der Waals surface area contributed by atoms with Crippen LogP contribution in [0.2, 0.25) is 0 Å². The lowest BCUT2D eigenvalue weighted by Crippen LogP contribution is -2.42. The largest absolute Gasteiger partial charge is 0.348 e. The van der Waals surface area contributed by atoms with Gasteiger partial charge in [-0.05, 0) is 70.1 Å². The summed E-state index contributed by atoms with van der Waals surface area (Å²) in [5.74, 6) is 0.0658. The summed E-state index contributed by atoms with van der Waals surface area (Å²) in [5.41, 5.74) is 0.622. The first-order valence-corrected chi connectivity index (χ1v) is 8.38. The highest BCUT2D eigenvalue weighted by Gasteiger charge is 2.22. The third-order valence-corrected chi connectivity index (χ3v) is 4.58. The van der Waals surface area contributed by atoms with Gasteiger partial charge in [0, 0.05) is 33.6 Å². The Morgan fingerprint density at radius 1 is 1.55 bits per heavy atom. The van der Waals surface area contributed by atoms with E-state index in [1.807, 2.05) is 30.0 Å². The fraction of sp³-hybridized carbons (Fsp3) is 0.429. The molecule has 108 valence electrons. The lowest BCUT2D eigenvalue weighted by atomic mass is 10.2. The molecule has 1 aromatic rings. The molecule has 1 fully saturated rings. The van der Waals surface area contributed by atoms with E-state index in [4.69, 9.17) is 0 Å². The Hall–Kier alpha value is -0.630. The van der Waals surface area contributed by atoms with Gasteiger partial charge in [0.2, 0.25) is 5.91 Å². The molecule has 4 nitrogen and oxygen atoms in total. The van der Waals surface area contributed by atoms with Gasteiger partial charge in [0.1, 0.15) is 0 Å². The van der Waals surface area contributed by atoms with Crippen LogP contribution < -0.4 is 5.32 Å². The average molecular weight is 451 g/mol. The summed E-state index contributed by atoms with van der Waals surface area (Å²) in [6.07, 6.45) is 1.55. The van der Waals surface area contributed by atoms with E-state index in [-0.39, 0.29) is 17.9 Å². The van der Waals surface area contributed by atoms with Crippen molar-refractivity contribution in [2.45, 2.75) is 25.8 Å². The van der Waals surface area contributed by atoms with Crippen LogP contribution in [0.25, 0.3) is 0 Å². The van der Waals surface area contributed by atoms with Gasteiger partial charge in [0.05, 0.1) is 5.56 Å². The molecule has 1 aromatic carbocycles. The van der Waals surface area contributed by atoms with E-state index in [2.05, 4.69) is 43.8 Å². The Bertz CT molecular complexity index is 536. The molecule has 1 atom stereocenters. The zero-order valence-corrected chi connectivity index (χ0v) is 14.9. The molecule has 0 bridgehead atoms. The Balaban J connectivity index is 1.96. The normalized spacial score (nSPS) is 16.4. The highest BCUT2D eigenvalue weighted by molar-refractivity contribution is 14.1. The number of rotatable bonds is 4. The summed E-state index contributed by atoms with van der Waals surface area (Å²) < 4.78 is 1.79. The Morgan fingerprint density at radius 3 is 2.95 bits per heavy atom. The number of halogens is 2. The van der Waals surface area contributed by atoms with E-state index >= 15 is 0 Å². The second-order valence-electron chi connectivity index (χ2n) is 4.94. The topological polar surface area (TPSA) is 49.4 Å². The monoisotopic (exact) mass is 450 g/mol. The summed E-state index contributed by atoms with van der Waals surface area (Å²) in [4.78, 5) is 25.6. The zero-order valence-electron chi connectivity index (χ0n) is 11.2. The first kappa shape index (κ1) is 15.8. The number of carbonyl (C=O) groups excluding carboxylic acids is 2. The van der Waals surface area contributed by atoms with Gasteiger partial charge < -0.3 is 10.2 Å². The molecule has 1 aliphatic heterocycles. The van der Waals surface area contributed by atoms with Crippen molar-refractivity contribution in [2.75, 3.05) is 13.1 Å². The number of nitrogens with one attached hydrogen (secondary N) is 1. The van der Waals surface area contributed by atoms with Crippen molar-refractivity contribution in [1.29, 1.82) is 0 Å². The highest BCUT2D eigenvalue weighted by atomic mass is 127. The first-order valence-electron chi connectivity index (χ1n) is 6.51. The molecule has 0 spiro atoms. The number of carbonyl (C=O) groups is 2. The molecule has 0 saturated carbocycles. The van der Waals surface area contributed by atoms with Gasteiger partial charge in [-0.15, -0.1) is 0 Å². The minimum atomic E-state index is -0.116. The van der Waals surface area contributed by atoms with Crippen LogP contribution in [0.1, 0.15) is 30.1 Å². The van der Waals surface area contributed by atoms with Crippen molar-refractivity contribution in [1.82, 2.24) is 10.2 Å². The first-order chi connectivity index (χ1) is 9.47. The smallest absolute Gasteiger partial charge is 0.252 e. The maximum absolute atomic E-state index is 12.2. The number of hydrogen-bond acceptors (Lipinski definition) is 2. The Morgan fingerprint density at radius 2 is 2.30 bits per heavy atom. The van der Waals surface area contributed by atoms with Crippen molar-refractivity contribution in [3.05, 3.63) is 31.8 Å². The molecule has 6 heteroatoms. The van der Waals surface area contributed by atoms with Crippen LogP contribution in [0.5, 0.6) is 0 Å². The van der Waals surface area contributed by atoms with Crippen LogP contribution in [0.3, 0.4) is 0 Å². The van der Waals surface area contributed by atoms with E-state index in [0.29, 0.717) is 18.5 Å². The molecule has 1 saturated heterocycles. The van der Waals surface area contributed by atoms with E-state index in [9.17, 15) is 9.59 Å². The average Bonchev–Trinajstić information content (AvgIpc) is 2.77. The van der Waals surface area contributed by atoms with Crippen molar-refractivity contribution in [2.24, 2.45) is 0 Å². The maximum atomic E-state index is 12.2. The SMILES string of the molecule is CC(CN1CCCC1=O)NC(=O)c1cc(I)ccc1Br. The number of amides is 2. The van der Waals surface area contributed by atoms with Crippen molar-refractivity contribution in [3.63, 3.8) is 0 Å². The van der Waals surface area contributed by atoms with Gasteiger partial charge in [-0.2, -0.15) is 0 Å². The minimum absolute atomic E-state index is 0.0608. The van der Waals surface area contributed by atoms with E-state index in [0.717, 1.165) is 21.0 Å². The number of likely N-dealkylation sites (tertiary alicyclic amines) is 1. The fourth-order valence-electron chi connectivity index (χ4n) is 2.25. The van der Waals surface area contributed by atoms with E-state index in [1.54, 1.807) is 0 Å². The summed E-state index contributed by atoms with van der Waals surface area (Å²) >= 11 is 5.57. The molecule has 2 rings (SSSR count). The molecular formula is C14H16BrIN2O2. The highest BCUT2D eigenvalue weighted by Crippen LogP contribution is 2.19. The number of hydrogen-bond donors (Lipinski definition) is 1. The van der Waals surface area contributed by atoms with Crippen molar-refractivity contribution < 1.29 is 9.59 Å². The van der Waals surface area contributed by atoms with Gasteiger partial charge in [-0.1, -0.05) is 0 Å². The number of nitrogens with zero attached hydrogens (tertiary/aromatic N) is 1. The third kappa shape index (κ3) is 3.94. The predicted molar refractivity (Wildman–Crippen MR) is 89.6 cm³/mol. The van der Waals surface area contributed by atoms with Crippen LogP contribution in [0, 0.1) is 3.57 Å². The van der Waals surface area contributed by atoms with Gasteiger partial charge in [-0.25, -0.2) is 0 Å². The minimum Gasteiger partial charge on any atom is -0.348 e. The number of benzene rings is 1. The van der Waals surface area contributed by atoms with Gasteiger partial charge in [0.25, 0.3) is 5.91 Å². The summed E-state index contributed by atoms with van der Waals surface area (Å²) in [6.45, 7) is 3.30. The Kier molecular flexibility index (Phi) is 5.42. The Labute approximate surface area is 140 Å². The van der Waals surface area contributed by atoms with Crippen LogP contribution in [0.4, 0.5) is 0 Å². The standard InChI is InChI=1S/C14H16BrIN2O2/c1-9(8-18-6-2-3-13(18)19)17-14(20)11-7-10(16)4-5-12(11)15/h4-5,7,9H,2-3,6,8H2,1H3,(H,17,20). The van der Waals surface area contributed by atoms with Crippen molar-refractivity contribution >= 4 is 50.3 Å². The van der Waals surface area contributed by atoms with Crippen LogP contribution >= 0.6 is 38.5 Å². The summed E-state index contributed by atoms with van der Waals surface area (Å²) in [7, 11) is 0. The molecule has 2 amide bonds. The van der Waals surface area contributed by atoms with Crippen LogP contribution in [0.15, 0.2) is 22.7 Å². The fourth-order valence-corrected chi connectivity index (χ4v) is 3.16. The molecule has 1 aliphatic rings. The molecule has 1 N–H and O–H groups in total. The lowest BCUT2D eigenvalue weighted by molar-refractivity contribution is -0.127. The van der Waals surface area contributed by atoms with Gasteiger partial charge >= 0.3 is 0 Å². The van der Waals surface area contributed by atoms with Crippen LogP contribution in [-0.2, 0) is 4.79 Å². The molecule has 0 radical (unpaired) electrons. The lowest BCUT2D eigenvalue weighted by Gasteiger charge is -2.22. The van der Waals surface area contributed by atoms with Crippen molar-refractivity contribution in [3.8, 4) is 0 Å². The van der Waals surface area contributed by atoms with E-state index < -0.39 is 0 Å². The molecule has 1 heterocycles.